The van der Waals surface area contributed by atoms with Crippen LogP contribution in [0.1, 0.15) is 25.0 Å². The standard InChI is InChI=1S/C11H17N/c1-4-10-6-7-11(12-5-2)9(3)8-10/h6-8,12H,4-5H2,1-3H3. The average molecular weight is 163 g/mol. The zero-order valence-corrected chi connectivity index (χ0v) is 8.15. The molecule has 0 heterocycles. The SMILES string of the molecule is CCNc1ccc(CC)cc1C. The van der Waals surface area contributed by atoms with Gasteiger partial charge in [0.15, 0.2) is 0 Å². The predicted molar refractivity (Wildman–Crippen MR) is 54.7 cm³/mol. The summed E-state index contributed by atoms with van der Waals surface area (Å²) in [7, 11) is 0. The zero-order chi connectivity index (χ0) is 8.97. The molecule has 0 amide bonds. The topological polar surface area (TPSA) is 12.0 Å². The summed E-state index contributed by atoms with van der Waals surface area (Å²) in [6.07, 6.45) is 1.12. The highest BCUT2D eigenvalue weighted by atomic mass is 14.9. The second kappa shape index (κ2) is 4.15. The highest BCUT2D eigenvalue weighted by Gasteiger charge is 1.96. The Bertz CT molecular complexity index is 253. The second-order valence-electron chi connectivity index (χ2n) is 3.03. The van der Waals surface area contributed by atoms with Crippen molar-refractivity contribution in [1.82, 2.24) is 0 Å². The lowest BCUT2D eigenvalue weighted by Crippen LogP contribution is -1.98. The third-order valence-corrected chi connectivity index (χ3v) is 2.07. The summed E-state index contributed by atoms with van der Waals surface area (Å²) in [6, 6.07) is 6.60. The maximum absolute atomic E-state index is 3.33. The lowest BCUT2D eigenvalue weighted by molar-refractivity contribution is 1.12. The number of nitrogens with one attached hydrogen (secondary N) is 1. The Balaban J connectivity index is 2.87. The van der Waals surface area contributed by atoms with Gasteiger partial charge in [-0.1, -0.05) is 19.1 Å². The van der Waals surface area contributed by atoms with Gasteiger partial charge in [-0.3, -0.25) is 0 Å². The van der Waals surface area contributed by atoms with Crippen LogP contribution in [0.4, 0.5) is 5.69 Å². The third kappa shape index (κ3) is 2.00. The normalized spacial score (nSPS) is 9.92. The van der Waals surface area contributed by atoms with Crippen molar-refractivity contribution in [1.29, 1.82) is 0 Å². The number of rotatable bonds is 3. The highest BCUT2D eigenvalue weighted by molar-refractivity contribution is 5.51. The van der Waals surface area contributed by atoms with Gasteiger partial charge < -0.3 is 5.32 Å². The maximum Gasteiger partial charge on any atom is 0.0369 e. The molecule has 0 aliphatic heterocycles. The Kier molecular flexibility index (Phi) is 3.15. The van der Waals surface area contributed by atoms with Crippen LogP contribution in [0, 0.1) is 6.92 Å². The molecule has 1 heteroatoms. The molecule has 0 saturated heterocycles. The van der Waals surface area contributed by atoms with Gasteiger partial charge in [-0.25, -0.2) is 0 Å². The van der Waals surface area contributed by atoms with Gasteiger partial charge in [0.25, 0.3) is 0 Å². The van der Waals surface area contributed by atoms with Gasteiger partial charge in [-0.15, -0.1) is 0 Å². The molecule has 1 N–H and O–H groups in total. The molecule has 0 aliphatic carbocycles. The Morgan fingerprint density at radius 3 is 2.50 bits per heavy atom. The number of benzene rings is 1. The first-order chi connectivity index (χ1) is 5.77. The number of aryl methyl sites for hydroxylation is 2. The summed E-state index contributed by atoms with van der Waals surface area (Å²) in [5, 5.41) is 3.33. The van der Waals surface area contributed by atoms with Crippen molar-refractivity contribution in [3.63, 3.8) is 0 Å². The molecule has 0 unspecified atom stereocenters. The summed E-state index contributed by atoms with van der Waals surface area (Å²) < 4.78 is 0. The van der Waals surface area contributed by atoms with Crippen LogP contribution < -0.4 is 5.32 Å². The quantitative estimate of drug-likeness (QED) is 0.722. The monoisotopic (exact) mass is 163 g/mol. The predicted octanol–water partition coefficient (Wildman–Crippen LogP) is 2.99. The molecule has 0 spiro atoms. The molecule has 1 rings (SSSR count). The van der Waals surface area contributed by atoms with E-state index in [1.54, 1.807) is 0 Å². The van der Waals surface area contributed by atoms with Gasteiger partial charge in [0.05, 0.1) is 0 Å². The summed E-state index contributed by atoms with van der Waals surface area (Å²) in [4.78, 5) is 0. The minimum Gasteiger partial charge on any atom is -0.385 e. The van der Waals surface area contributed by atoms with Gasteiger partial charge in [0.1, 0.15) is 0 Å². The Labute approximate surface area is 74.8 Å². The fraction of sp³-hybridized carbons (Fsp3) is 0.455. The van der Waals surface area contributed by atoms with E-state index < -0.39 is 0 Å². The molecule has 12 heavy (non-hydrogen) atoms. The first kappa shape index (κ1) is 9.11. The van der Waals surface area contributed by atoms with Gasteiger partial charge >= 0.3 is 0 Å². The van der Waals surface area contributed by atoms with Crippen LogP contribution in [-0.4, -0.2) is 6.54 Å². The van der Waals surface area contributed by atoms with Gasteiger partial charge in [0.2, 0.25) is 0 Å². The van der Waals surface area contributed by atoms with Crippen LogP contribution in [0.3, 0.4) is 0 Å². The van der Waals surface area contributed by atoms with Crippen molar-refractivity contribution in [3.8, 4) is 0 Å². The van der Waals surface area contributed by atoms with Crippen molar-refractivity contribution < 1.29 is 0 Å². The van der Waals surface area contributed by atoms with Crippen molar-refractivity contribution in [2.75, 3.05) is 11.9 Å². The molecule has 0 atom stereocenters. The minimum atomic E-state index is 0.992. The molecule has 1 aromatic rings. The smallest absolute Gasteiger partial charge is 0.0369 e. The van der Waals surface area contributed by atoms with E-state index in [0.29, 0.717) is 0 Å². The zero-order valence-electron chi connectivity index (χ0n) is 8.15. The van der Waals surface area contributed by atoms with Crippen molar-refractivity contribution >= 4 is 5.69 Å². The Morgan fingerprint density at radius 1 is 1.25 bits per heavy atom. The Morgan fingerprint density at radius 2 is 2.00 bits per heavy atom. The van der Waals surface area contributed by atoms with E-state index in [2.05, 4.69) is 44.3 Å². The van der Waals surface area contributed by atoms with Gasteiger partial charge in [-0.2, -0.15) is 0 Å². The first-order valence-electron chi connectivity index (χ1n) is 4.61. The van der Waals surface area contributed by atoms with Crippen LogP contribution >= 0.6 is 0 Å². The van der Waals surface area contributed by atoms with E-state index in [1.165, 1.54) is 16.8 Å². The summed E-state index contributed by atoms with van der Waals surface area (Å²) in [6.45, 7) is 7.44. The molecular formula is C11H17N. The molecule has 66 valence electrons. The molecular weight excluding hydrogens is 146 g/mol. The van der Waals surface area contributed by atoms with Crippen LogP contribution in [0.25, 0.3) is 0 Å². The molecule has 0 aliphatic rings. The van der Waals surface area contributed by atoms with E-state index in [9.17, 15) is 0 Å². The lowest BCUT2D eigenvalue weighted by Gasteiger charge is -2.08. The number of hydrogen-bond donors (Lipinski definition) is 1. The fourth-order valence-electron chi connectivity index (χ4n) is 1.33. The molecule has 0 bridgehead atoms. The summed E-state index contributed by atoms with van der Waals surface area (Å²) >= 11 is 0. The summed E-state index contributed by atoms with van der Waals surface area (Å²) in [5.74, 6) is 0. The largest absolute Gasteiger partial charge is 0.385 e. The minimum absolute atomic E-state index is 0.992. The molecule has 0 saturated carbocycles. The molecule has 1 nitrogen and oxygen atoms in total. The van der Waals surface area contributed by atoms with E-state index in [1.807, 2.05) is 0 Å². The van der Waals surface area contributed by atoms with Gasteiger partial charge in [0, 0.05) is 12.2 Å². The van der Waals surface area contributed by atoms with Crippen LogP contribution in [-0.2, 0) is 6.42 Å². The van der Waals surface area contributed by atoms with E-state index >= 15 is 0 Å². The second-order valence-corrected chi connectivity index (χ2v) is 3.03. The molecule has 0 fully saturated rings. The number of hydrogen-bond acceptors (Lipinski definition) is 1. The first-order valence-corrected chi connectivity index (χ1v) is 4.61. The van der Waals surface area contributed by atoms with Crippen LogP contribution in [0.15, 0.2) is 18.2 Å². The van der Waals surface area contributed by atoms with Crippen molar-refractivity contribution in [3.05, 3.63) is 29.3 Å². The Hall–Kier alpha value is -0.980. The van der Waals surface area contributed by atoms with Crippen LogP contribution in [0.5, 0.6) is 0 Å². The van der Waals surface area contributed by atoms with E-state index in [0.717, 1.165) is 13.0 Å². The fourth-order valence-corrected chi connectivity index (χ4v) is 1.33. The molecule has 0 aromatic heterocycles. The third-order valence-electron chi connectivity index (χ3n) is 2.07. The van der Waals surface area contributed by atoms with Crippen molar-refractivity contribution in [2.24, 2.45) is 0 Å². The van der Waals surface area contributed by atoms with E-state index in [-0.39, 0.29) is 0 Å². The van der Waals surface area contributed by atoms with E-state index in [4.69, 9.17) is 0 Å². The highest BCUT2D eigenvalue weighted by Crippen LogP contribution is 2.16. The average Bonchev–Trinajstić information content (AvgIpc) is 2.09. The van der Waals surface area contributed by atoms with Crippen molar-refractivity contribution in [2.45, 2.75) is 27.2 Å². The summed E-state index contributed by atoms with van der Waals surface area (Å²) in [5.41, 5.74) is 4.01. The maximum atomic E-state index is 3.33. The van der Waals surface area contributed by atoms with Crippen LogP contribution in [0.2, 0.25) is 0 Å². The number of anilines is 1. The lowest BCUT2D eigenvalue weighted by atomic mass is 10.1. The molecule has 0 radical (unpaired) electrons. The van der Waals surface area contributed by atoms with Gasteiger partial charge in [-0.05, 0) is 37.5 Å². The molecule has 1 aromatic carbocycles.